The standard InChI is InChI=1S/C10H20O2/c1-8(2)9(3)4-5-10(12)6-7-11/h7-10,12H,4-6H2,1-3H3. The molecule has 0 spiro atoms. The third-order valence-electron chi connectivity index (χ3n) is 2.46. The summed E-state index contributed by atoms with van der Waals surface area (Å²) in [6.07, 6.45) is 2.39. The van der Waals surface area contributed by atoms with E-state index in [1.807, 2.05) is 0 Å². The van der Waals surface area contributed by atoms with Crippen LogP contribution in [-0.4, -0.2) is 17.5 Å². The highest BCUT2D eigenvalue weighted by atomic mass is 16.3. The van der Waals surface area contributed by atoms with E-state index in [1.165, 1.54) is 0 Å². The van der Waals surface area contributed by atoms with Gasteiger partial charge in [-0.05, 0) is 24.7 Å². The molecule has 0 heterocycles. The molecule has 2 nitrogen and oxygen atoms in total. The van der Waals surface area contributed by atoms with Crippen molar-refractivity contribution in [2.75, 3.05) is 0 Å². The van der Waals surface area contributed by atoms with E-state index in [0.717, 1.165) is 19.1 Å². The maximum absolute atomic E-state index is 10.0. The monoisotopic (exact) mass is 172 g/mol. The van der Waals surface area contributed by atoms with Gasteiger partial charge in [-0.1, -0.05) is 20.8 Å². The number of aliphatic hydroxyl groups excluding tert-OH is 1. The predicted octanol–water partition coefficient (Wildman–Crippen LogP) is 2.01. The van der Waals surface area contributed by atoms with Crippen molar-refractivity contribution in [2.24, 2.45) is 11.8 Å². The van der Waals surface area contributed by atoms with E-state index in [-0.39, 0.29) is 6.42 Å². The second kappa shape index (κ2) is 6.18. The summed E-state index contributed by atoms with van der Waals surface area (Å²) >= 11 is 0. The van der Waals surface area contributed by atoms with E-state index in [2.05, 4.69) is 20.8 Å². The average molecular weight is 172 g/mol. The Morgan fingerprint density at radius 2 is 1.83 bits per heavy atom. The minimum absolute atomic E-state index is 0.283. The molecule has 2 unspecified atom stereocenters. The zero-order chi connectivity index (χ0) is 9.56. The van der Waals surface area contributed by atoms with Gasteiger partial charge in [-0.3, -0.25) is 0 Å². The Bertz CT molecular complexity index is 121. The maximum atomic E-state index is 10.0. The van der Waals surface area contributed by atoms with Crippen LogP contribution in [0.3, 0.4) is 0 Å². The molecule has 0 saturated heterocycles. The van der Waals surface area contributed by atoms with Crippen LogP contribution in [0, 0.1) is 11.8 Å². The number of carbonyl (C=O) groups is 1. The van der Waals surface area contributed by atoms with Crippen LogP contribution in [-0.2, 0) is 4.79 Å². The van der Waals surface area contributed by atoms with Crippen molar-refractivity contribution in [2.45, 2.75) is 46.1 Å². The summed E-state index contributed by atoms with van der Waals surface area (Å²) in [6.45, 7) is 6.53. The summed E-state index contributed by atoms with van der Waals surface area (Å²) in [5, 5.41) is 9.25. The molecule has 0 aliphatic heterocycles. The second-order valence-corrected chi connectivity index (χ2v) is 3.85. The Balaban J connectivity index is 3.46. The van der Waals surface area contributed by atoms with Gasteiger partial charge in [0.15, 0.2) is 0 Å². The highest BCUT2D eigenvalue weighted by Crippen LogP contribution is 2.17. The molecule has 0 bridgehead atoms. The van der Waals surface area contributed by atoms with Crippen molar-refractivity contribution in [3.63, 3.8) is 0 Å². The highest BCUT2D eigenvalue weighted by Gasteiger charge is 2.10. The van der Waals surface area contributed by atoms with Crippen LogP contribution in [0.15, 0.2) is 0 Å². The quantitative estimate of drug-likeness (QED) is 0.622. The minimum atomic E-state index is -0.427. The van der Waals surface area contributed by atoms with E-state index in [4.69, 9.17) is 0 Å². The van der Waals surface area contributed by atoms with Crippen molar-refractivity contribution in [3.05, 3.63) is 0 Å². The Labute approximate surface area is 75.0 Å². The molecule has 2 atom stereocenters. The number of aldehydes is 1. The molecule has 2 heteroatoms. The minimum Gasteiger partial charge on any atom is -0.393 e. The van der Waals surface area contributed by atoms with Gasteiger partial charge < -0.3 is 9.90 Å². The molecule has 0 aliphatic carbocycles. The van der Waals surface area contributed by atoms with Crippen LogP contribution in [0.25, 0.3) is 0 Å². The number of hydrogen-bond acceptors (Lipinski definition) is 2. The second-order valence-electron chi connectivity index (χ2n) is 3.85. The molecule has 72 valence electrons. The van der Waals surface area contributed by atoms with Crippen LogP contribution < -0.4 is 0 Å². The molecule has 0 rings (SSSR count). The summed E-state index contributed by atoms with van der Waals surface area (Å²) < 4.78 is 0. The summed E-state index contributed by atoms with van der Waals surface area (Å²) in [5.74, 6) is 1.29. The fourth-order valence-corrected chi connectivity index (χ4v) is 1.02. The molecule has 0 radical (unpaired) electrons. The predicted molar refractivity (Wildman–Crippen MR) is 49.9 cm³/mol. The highest BCUT2D eigenvalue weighted by molar-refractivity contribution is 5.49. The van der Waals surface area contributed by atoms with E-state index in [0.29, 0.717) is 11.8 Å². The molecule has 12 heavy (non-hydrogen) atoms. The Hall–Kier alpha value is -0.370. The number of rotatable bonds is 6. The average Bonchev–Trinajstić information content (AvgIpc) is 2.00. The van der Waals surface area contributed by atoms with Crippen LogP contribution in [0.2, 0.25) is 0 Å². The van der Waals surface area contributed by atoms with Gasteiger partial charge in [0.1, 0.15) is 6.29 Å². The van der Waals surface area contributed by atoms with Crippen molar-refractivity contribution in [3.8, 4) is 0 Å². The number of hydrogen-bond donors (Lipinski definition) is 1. The van der Waals surface area contributed by atoms with Gasteiger partial charge in [-0.25, -0.2) is 0 Å². The normalized spacial score (nSPS) is 16.1. The Morgan fingerprint density at radius 3 is 2.25 bits per heavy atom. The molecule has 0 aliphatic rings. The fourth-order valence-electron chi connectivity index (χ4n) is 1.02. The smallest absolute Gasteiger partial charge is 0.122 e. The molecule has 0 saturated carbocycles. The van der Waals surface area contributed by atoms with Gasteiger partial charge in [-0.15, -0.1) is 0 Å². The third-order valence-corrected chi connectivity index (χ3v) is 2.46. The lowest BCUT2D eigenvalue weighted by Gasteiger charge is -2.16. The van der Waals surface area contributed by atoms with Gasteiger partial charge >= 0.3 is 0 Å². The molecule has 0 aromatic carbocycles. The van der Waals surface area contributed by atoms with Crippen molar-refractivity contribution in [1.29, 1.82) is 0 Å². The molecule has 0 aromatic rings. The largest absolute Gasteiger partial charge is 0.393 e. The molecular formula is C10H20O2. The van der Waals surface area contributed by atoms with Gasteiger partial charge in [0, 0.05) is 6.42 Å². The topological polar surface area (TPSA) is 37.3 Å². The first-order chi connectivity index (χ1) is 5.57. The summed E-state index contributed by atoms with van der Waals surface area (Å²) in [6, 6.07) is 0. The Kier molecular flexibility index (Phi) is 5.99. The van der Waals surface area contributed by atoms with Gasteiger partial charge in [0.2, 0.25) is 0 Å². The fraction of sp³-hybridized carbons (Fsp3) is 0.900. The van der Waals surface area contributed by atoms with Gasteiger partial charge in [-0.2, -0.15) is 0 Å². The van der Waals surface area contributed by atoms with Crippen molar-refractivity contribution >= 4 is 6.29 Å². The van der Waals surface area contributed by atoms with E-state index in [1.54, 1.807) is 0 Å². The zero-order valence-corrected chi connectivity index (χ0v) is 8.29. The van der Waals surface area contributed by atoms with Crippen LogP contribution >= 0.6 is 0 Å². The lowest BCUT2D eigenvalue weighted by molar-refractivity contribution is -0.109. The SMILES string of the molecule is CC(C)C(C)CCC(O)CC=O. The van der Waals surface area contributed by atoms with Crippen molar-refractivity contribution in [1.82, 2.24) is 0 Å². The summed E-state index contributed by atoms with van der Waals surface area (Å²) in [7, 11) is 0. The number of aliphatic hydroxyl groups is 1. The molecule has 0 amide bonds. The van der Waals surface area contributed by atoms with Gasteiger partial charge in [0.05, 0.1) is 6.10 Å². The van der Waals surface area contributed by atoms with E-state index < -0.39 is 6.10 Å². The van der Waals surface area contributed by atoms with E-state index >= 15 is 0 Å². The van der Waals surface area contributed by atoms with Crippen LogP contribution in [0.5, 0.6) is 0 Å². The molecule has 1 N–H and O–H groups in total. The van der Waals surface area contributed by atoms with Crippen LogP contribution in [0.4, 0.5) is 0 Å². The van der Waals surface area contributed by atoms with Gasteiger partial charge in [0.25, 0.3) is 0 Å². The summed E-state index contributed by atoms with van der Waals surface area (Å²) in [4.78, 5) is 10.0. The molecular weight excluding hydrogens is 152 g/mol. The first kappa shape index (κ1) is 11.6. The van der Waals surface area contributed by atoms with E-state index in [9.17, 15) is 9.90 Å². The summed E-state index contributed by atoms with van der Waals surface area (Å²) in [5.41, 5.74) is 0. The lowest BCUT2D eigenvalue weighted by atomic mass is 9.92. The lowest BCUT2D eigenvalue weighted by Crippen LogP contribution is -2.11. The zero-order valence-electron chi connectivity index (χ0n) is 8.29. The van der Waals surface area contributed by atoms with Crippen LogP contribution in [0.1, 0.15) is 40.0 Å². The maximum Gasteiger partial charge on any atom is 0.122 e. The molecule has 0 fully saturated rings. The van der Waals surface area contributed by atoms with Crippen molar-refractivity contribution < 1.29 is 9.90 Å². The molecule has 0 aromatic heterocycles. The number of carbonyl (C=O) groups excluding carboxylic acids is 1. The third kappa shape index (κ3) is 5.30. The first-order valence-electron chi connectivity index (χ1n) is 4.69. The Morgan fingerprint density at radius 1 is 1.25 bits per heavy atom. The first-order valence-corrected chi connectivity index (χ1v) is 4.69.